The molecule has 0 aliphatic carbocycles. The number of carbonyl (C=O) groups excluding carboxylic acids is 1. The second-order valence-electron chi connectivity index (χ2n) is 3.54. The maximum absolute atomic E-state index is 11.9. The average molecular weight is 264 g/mol. The van der Waals surface area contributed by atoms with E-state index in [9.17, 15) is 9.59 Å². The highest BCUT2D eigenvalue weighted by Gasteiger charge is 2.12. The maximum atomic E-state index is 11.9. The number of nitriles is 1. The molecule has 1 heterocycles. The molecule has 1 aromatic heterocycles. The van der Waals surface area contributed by atoms with Crippen molar-refractivity contribution in [3.8, 4) is 6.07 Å². The summed E-state index contributed by atoms with van der Waals surface area (Å²) in [6.07, 6.45) is 2.76. The molecule has 1 rings (SSSR count). The number of carboxylic acid groups (broad SMARTS) is 1. The van der Waals surface area contributed by atoms with E-state index >= 15 is 0 Å². The van der Waals surface area contributed by atoms with Crippen molar-refractivity contribution in [2.75, 3.05) is 13.6 Å². The number of hydrogen-bond acceptors (Lipinski definition) is 4. The minimum atomic E-state index is -1.03. The highest BCUT2D eigenvalue weighted by molar-refractivity contribution is 7.11. The van der Waals surface area contributed by atoms with Crippen LogP contribution in [0.4, 0.5) is 0 Å². The molecular weight excluding hydrogens is 252 g/mol. The highest BCUT2D eigenvalue weighted by Crippen LogP contribution is 2.17. The van der Waals surface area contributed by atoms with Gasteiger partial charge in [-0.15, -0.1) is 11.3 Å². The summed E-state index contributed by atoms with van der Waals surface area (Å²) in [4.78, 5) is 24.4. The van der Waals surface area contributed by atoms with Gasteiger partial charge in [0.1, 0.15) is 0 Å². The number of rotatable bonds is 5. The van der Waals surface area contributed by atoms with Crippen LogP contribution in [-0.2, 0) is 4.79 Å². The third-order valence-electron chi connectivity index (χ3n) is 2.16. The molecular formula is C12H12N2O3S. The number of amides is 1. The number of carbonyl (C=O) groups is 2. The lowest BCUT2D eigenvalue weighted by atomic mass is 10.2. The van der Waals surface area contributed by atoms with Gasteiger partial charge in [0.15, 0.2) is 0 Å². The number of thiophene rings is 1. The second kappa shape index (κ2) is 6.57. The van der Waals surface area contributed by atoms with Crippen molar-refractivity contribution in [3.05, 3.63) is 28.0 Å². The summed E-state index contributed by atoms with van der Waals surface area (Å²) in [5, 5.41) is 18.6. The molecule has 1 N–H and O–H groups in total. The SMILES string of the molecule is CN(CCC#N)C(=O)c1csc(C=CC(=O)O)c1. The Morgan fingerprint density at radius 2 is 2.33 bits per heavy atom. The Hall–Kier alpha value is -2.13. The lowest BCUT2D eigenvalue weighted by Gasteiger charge is -2.13. The van der Waals surface area contributed by atoms with Gasteiger partial charge in [0.25, 0.3) is 5.91 Å². The maximum Gasteiger partial charge on any atom is 0.328 e. The summed E-state index contributed by atoms with van der Waals surface area (Å²) in [6.45, 7) is 0.380. The third-order valence-corrected chi connectivity index (χ3v) is 3.06. The van der Waals surface area contributed by atoms with E-state index in [0.29, 0.717) is 17.0 Å². The molecule has 0 aliphatic rings. The van der Waals surface area contributed by atoms with E-state index in [1.807, 2.05) is 6.07 Å². The standard InChI is InChI=1S/C12H12N2O3S/c1-14(6-2-5-13)12(17)9-7-10(18-8-9)3-4-11(15)16/h3-4,7-8H,2,6H2,1H3,(H,15,16). The van der Waals surface area contributed by atoms with Crippen molar-refractivity contribution >= 4 is 29.3 Å². The summed E-state index contributed by atoms with van der Waals surface area (Å²) in [5.41, 5.74) is 0.505. The van der Waals surface area contributed by atoms with Gasteiger partial charge in [-0.05, 0) is 12.1 Å². The van der Waals surface area contributed by atoms with Crippen LogP contribution < -0.4 is 0 Å². The fraction of sp³-hybridized carbons (Fsp3) is 0.250. The monoisotopic (exact) mass is 264 g/mol. The summed E-state index contributed by atoms with van der Waals surface area (Å²) in [6, 6.07) is 3.61. The van der Waals surface area contributed by atoms with Crippen LogP contribution in [0.5, 0.6) is 0 Å². The number of carboxylic acids is 1. The fourth-order valence-corrected chi connectivity index (χ4v) is 2.02. The zero-order valence-electron chi connectivity index (χ0n) is 9.79. The van der Waals surface area contributed by atoms with Crippen molar-refractivity contribution in [2.45, 2.75) is 6.42 Å². The fourth-order valence-electron chi connectivity index (χ4n) is 1.25. The largest absolute Gasteiger partial charge is 0.478 e. The predicted octanol–water partition coefficient (Wildman–Crippen LogP) is 1.83. The van der Waals surface area contributed by atoms with Crippen LogP contribution in [0.25, 0.3) is 6.08 Å². The van der Waals surface area contributed by atoms with Crippen molar-refractivity contribution in [2.24, 2.45) is 0 Å². The molecule has 0 saturated carbocycles. The zero-order valence-corrected chi connectivity index (χ0v) is 10.6. The Bertz CT molecular complexity index is 514. The van der Waals surface area contributed by atoms with E-state index in [2.05, 4.69) is 0 Å². The van der Waals surface area contributed by atoms with Crippen molar-refractivity contribution in [1.82, 2.24) is 4.90 Å². The Kier molecular flexibility index (Phi) is 5.08. The van der Waals surface area contributed by atoms with Crippen molar-refractivity contribution in [1.29, 1.82) is 5.26 Å². The van der Waals surface area contributed by atoms with E-state index in [1.165, 1.54) is 22.3 Å². The van der Waals surface area contributed by atoms with Gasteiger partial charge in [0.2, 0.25) is 0 Å². The third kappa shape index (κ3) is 4.03. The van der Waals surface area contributed by atoms with Gasteiger partial charge >= 0.3 is 5.97 Å². The minimum Gasteiger partial charge on any atom is -0.478 e. The van der Waals surface area contributed by atoms with Crippen molar-refractivity contribution in [3.63, 3.8) is 0 Å². The van der Waals surface area contributed by atoms with E-state index < -0.39 is 5.97 Å². The smallest absolute Gasteiger partial charge is 0.328 e. The molecule has 0 atom stereocenters. The van der Waals surface area contributed by atoms with E-state index in [1.54, 1.807) is 18.5 Å². The Morgan fingerprint density at radius 1 is 1.61 bits per heavy atom. The van der Waals surface area contributed by atoms with Crippen LogP contribution in [0.2, 0.25) is 0 Å². The summed E-state index contributed by atoms with van der Waals surface area (Å²) in [5.74, 6) is -1.20. The van der Waals surface area contributed by atoms with Gasteiger partial charge in [-0.1, -0.05) is 0 Å². The minimum absolute atomic E-state index is 0.170. The van der Waals surface area contributed by atoms with Crippen LogP contribution in [-0.4, -0.2) is 35.5 Å². The van der Waals surface area contributed by atoms with Gasteiger partial charge in [-0.25, -0.2) is 4.79 Å². The summed E-state index contributed by atoms with van der Waals surface area (Å²) in [7, 11) is 1.63. The second-order valence-corrected chi connectivity index (χ2v) is 4.49. The van der Waals surface area contributed by atoms with Crippen LogP contribution in [0.15, 0.2) is 17.5 Å². The first-order valence-corrected chi connectivity index (χ1v) is 6.04. The molecule has 0 saturated heterocycles. The van der Waals surface area contributed by atoms with Crippen LogP contribution in [0.3, 0.4) is 0 Å². The molecule has 0 unspecified atom stereocenters. The van der Waals surface area contributed by atoms with Gasteiger partial charge in [-0.2, -0.15) is 5.26 Å². The molecule has 0 aromatic carbocycles. The summed E-state index contributed by atoms with van der Waals surface area (Å²) < 4.78 is 0. The van der Waals surface area contributed by atoms with E-state index in [4.69, 9.17) is 10.4 Å². The molecule has 94 valence electrons. The molecule has 0 aliphatic heterocycles. The first kappa shape index (κ1) is 13.9. The van der Waals surface area contributed by atoms with Crippen LogP contribution >= 0.6 is 11.3 Å². The lowest BCUT2D eigenvalue weighted by molar-refractivity contribution is -0.131. The molecule has 0 spiro atoms. The average Bonchev–Trinajstić information content (AvgIpc) is 2.81. The predicted molar refractivity (Wildman–Crippen MR) is 68.2 cm³/mol. The lowest BCUT2D eigenvalue weighted by Crippen LogP contribution is -2.27. The molecule has 0 fully saturated rings. The number of nitrogens with zero attached hydrogens (tertiary/aromatic N) is 2. The van der Waals surface area contributed by atoms with Gasteiger partial charge < -0.3 is 10.0 Å². The molecule has 6 heteroatoms. The van der Waals surface area contributed by atoms with Crippen molar-refractivity contribution < 1.29 is 14.7 Å². The van der Waals surface area contributed by atoms with Gasteiger partial charge in [0.05, 0.1) is 18.1 Å². The molecule has 1 aromatic rings. The summed E-state index contributed by atoms with van der Waals surface area (Å²) >= 11 is 1.30. The quantitative estimate of drug-likeness (QED) is 0.822. The van der Waals surface area contributed by atoms with Gasteiger partial charge in [-0.3, -0.25) is 4.79 Å². The van der Waals surface area contributed by atoms with Crippen LogP contribution in [0.1, 0.15) is 21.7 Å². The first-order valence-electron chi connectivity index (χ1n) is 5.16. The Morgan fingerprint density at radius 3 is 2.94 bits per heavy atom. The molecule has 1 amide bonds. The molecule has 0 radical (unpaired) electrons. The van der Waals surface area contributed by atoms with Gasteiger partial charge in [0, 0.05) is 29.9 Å². The molecule has 5 nitrogen and oxygen atoms in total. The zero-order chi connectivity index (χ0) is 13.5. The van der Waals surface area contributed by atoms with E-state index in [0.717, 1.165) is 6.08 Å². The van der Waals surface area contributed by atoms with E-state index in [-0.39, 0.29) is 12.3 Å². The first-order chi connectivity index (χ1) is 8.54. The highest BCUT2D eigenvalue weighted by atomic mass is 32.1. The van der Waals surface area contributed by atoms with Crippen LogP contribution in [0, 0.1) is 11.3 Å². The topological polar surface area (TPSA) is 81.4 Å². The number of aliphatic carboxylic acids is 1. The Labute approximate surface area is 109 Å². The normalized spacial score (nSPS) is 10.2. The molecule has 18 heavy (non-hydrogen) atoms. The Balaban J connectivity index is 2.71. The number of hydrogen-bond donors (Lipinski definition) is 1. The molecule has 0 bridgehead atoms.